The zero-order chi connectivity index (χ0) is 14.7. The van der Waals surface area contributed by atoms with Crippen molar-refractivity contribution >= 4 is 39.0 Å². The van der Waals surface area contributed by atoms with E-state index in [1.54, 1.807) is 0 Å². The van der Waals surface area contributed by atoms with Crippen molar-refractivity contribution in [3.05, 3.63) is 52.6 Å². The fraction of sp³-hybridized carbons (Fsp3) is 0.312. The van der Waals surface area contributed by atoms with Crippen LogP contribution in [0.1, 0.15) is 5.56 Å². The standard InChI is InChI=1S/C16H17BrClN3/c17-15-11-14(5-4-13(15)12-18)20-7-9-21(10-8-20)16-3-1-2-6-19-16/h1-6,11H,7-10,12H2. The molecule has 0 amide bonds. The third-order valence-electron chi connectivity index (χ3n) is 3.80. The molecule has 0 aliphatic carbocycles. The smallest absolute Gasteiger partial charge is 0.128 e. The van der Waals surface area contributed by atoms with Gasteiger partial charge in [-0.3, -0.25) is 0 Å². The Morgan fingerprint density at radius 2 is 1.81 bits per heavy atom. The molecular weight excluding hydrogens is 350 g/mol. The van der Waals surface area contributed by atoms with Gasteiger partial charge in [0.2, 0.25) is 0 Å². The van der Waals surface area contributed by atoms with E-state index in [0.717, 1.165) is 42.0 Å². The average Bonchev–Trinajstić information content (AvgIpc) is 2.56. The highest BCUT2D eigenvalue weighted by Gasteiger charge is 2.18. The molecule has 0 spiro atoms. The maximum absolute atomic E-state index is 5.90. The van der Waals surface area contributed by atoms with Gasteiger partial charge in [-0.15, -0.1) is 11.6 Å². The van der Waals surface area contributed by atoms with Crippen molar-refractivity contribution in [2.75, 3.05) is 36.0 Å². The molecule has 1 aromatic carbocycles. The minimum atomic E-state index is 0.536. The van der Waals surface area contributed by atoms with E-state index < -0.39 is 0 Å². The van der Waals surface area contributed by atoms with Crippen LogP contribution in [0.3, 0.4) is 0 Å². The maximum Gasteiger partial charge on any atom is 0.128 e. The molecule has 1 aliphatic heterocycles. The highest BCUT2D eigenvalue weighted by Crippen LogP contribution is 2.26. The van der Waals surface area contributed by atoms with Crippen LogP contribution in [-0.2, 0) is 5.88 Å². The Morgan fingerprint density at radius 3 is 2.43 bits per heavy atom. The van der Waals surface area contributed by atoms with Gasteiger partial charge >= 0.3 is 0 Å². The van der Waals surface area contributed by atoms with E-state index in [-0.39, 0.29) is 0 Å². The number of pyridine rings is 1. The van der Waals surface area contributed by atoms with Crippen LogP contribution in [0, 0.1) is 0 Å². The summed E-state index contributed by atoms with van der Waals surface area (Å²) in [6, 6.07) is 12.5. The minimum absolute atomic E-state index is 0.536. The Labute approximate surface area is 138 Å². The molecule has 3 nitrogen and oxygen atoms in total. The van der Waals surface area contributed by atoms with Crippen LogP contribution in [0.5, 0.6) is 0 Å². The van der Waals surface area contributed by atoms with Crippen LogP contribution in [0.25, 0.3) is 0 Å². The second-order valence-corrected chi connectivity index (χ2v) is 6.19. The fourth-order valence-corrected chi connectivity index (χ4v) is 3.48. The first kappa shape index (κ1) is 14.7. The Kier molecular flexibility index (Phi) is 4.66. The molecule has 5 heteroatoms. The van der Waals surface area contributed by atoms with E-state index in [2.05, 4.69) is 55.0 Å². The molecule has 0 bridgehead atoms. The molecule has 2 heterocycles. The first-order chi connectivity index (χ1) is 10.3. The van der Waals surface area contributed by atoms with Gasteiger partial charge in [0.15, 0.2) is 0 Å². The summed E-state index contributed by atoms with van der Waals surface area (Å²) in [5.41, 5.74) is 2.38. The molecule has 1 saturated heterocycles. The summed E-state index contributed by atoms with van der Waals surface area (Å²) in [5, 5.41) is 0. The lowest BCUT2D eigenvalue weighted by molar-refractivity contribution is 0.647. The topological polar surface area (TPSA) is 19.4 Å². The van der Waals surface area contributed by atoms with Gasteiger partial charge in [0, 0.05) is 48.4 Å². The largest absolute Gasteiger partial charge is 0.368 e. The molecule has 1 aromatic heterocycles. The van der Waals surface area contributed by atoms with Gasteiger partial charge in [0.25, 0.3) is 0 Å². The number of rotatable bonds is 3. The monoisotopic (exact) mass is 365 g/mol. The molecule has 1 fully saturated rings. The van der Waals surface area contributed by atoms with E-state index in [4.69, 9.17) is 11.6 Å². The molecule has 0 unspecified atom stereocenters. The van der Waals surface area contributed by atoms with Crippen molar-refractivity contribution in [1.29, 1.82) is 0 Å². The predicted molar refractivity (Wildman–Crippen MR) is 92.4 cm³/mol. The minimum Gasteiger partial charge on any atom is -0.368 e. The van der Waals surface area contributed by atoms with Crippen molar-refractivity contribution in [2.24, 2.45) is 0 Å². The Balaban J connectivity index is 1.67. The molecule has 0 radical (unpaired) electrons. The van der Waals surface area contributed by atoms with Crippen LogP contribution >= 0.6 is 27.5 Å². The van der Waals surface area contributed by atoms with E-state index >= 15 is 0 Å². The zero-order valence-electron chi connectivity index (χ0n) is 11.7. The summed E-state index contributed by atoms with van der Waals surface area (Å²) < 4.78 is 1.09. The summed E-state index contributed by atoms with van der Waals surface area (Å²) in [6.07, 6.45) is 1.85. The van der Waals surface area contributed by atoms with Crippen LogP contribution in [0.15, 0.2) is 47.1 Å². The van der Waals surface area contributed by atoms with Crippen molar-refractivity contribution in [3.63, 3.8) is 0 Å². The average molecular weight is 367 g/mol. The number of piperazine rings is 1. The van der Waals surface area contributed by atoms with Gasteiger partial charge in [-0.1, -0.05) is 28.1 Å². The van der Waals surface area contributed by atoms with Crippen molar-refractivity contribution in [3.8, 4) is 0 Å². The first-order valence-corrected chi connectivity index (χ1v) is 8.36. The Hall–Kier alpha value is -1.26. The number of alkyl halides is 1. The lowest BCUT2D eigenvalue weighted by Crippen LogP contribution is -2.46. The number of hydrogen-bond acceptors (Lipinski definition) is 3. The lowest BCUT2D eigenvalue weighted by atomic mass is 10.2. The van der Waals surface area contributed by atoms with E-state index in [1.807, 2.05) is 18.3 Å². The number of hydrogen-bond donors (Lipinski definition) is 0. The number of anilines is 2. The molecule has 110 valence electrons. The van der Waals surface area contributed by atoms with Crippen LogP contribution in [-0.4, -0.2) is 31.2 Å². The van der Waals surface area contributed by atoms with Crippen LogP contribution < -0.4 is 9.80 Å². The molecule has 0 atom stereocenters. The Bertz CT molecular complexity index is 598. The van der Waals surface area contributed by atoms with Gasteiger partial charge in [-0.25, -0.2) is 4.98 Å². The molecule has 3 rings (SSSR count). The first-order valence-electron chi connectivity index (χ1n) is 7.03. The summed E-state index contributed by atoms with van der Waals surface area (Å²) in [5.74, 6) is 1.60. The normalized spacial score (nSPS) is 15.3. The predicted octanol–water partition coefficient (Wildman–Crippen LogP) is 3.91. The van der Waals surface area contributed by atoms with Crippen LogP contribution in [0.2, 0.25) is 0 Å². The van der Waals surface area contributed by atoms with Gasteiger partial charge in [-0.2, -0.15) is 0 Å². The second-order valence-electron chi connectivity index (χ2n) is 5.07. The van der Waals surface area contributed by atoms with Crippen molar-refractivity contribution in [1.82, 2.24) is 4.98 Å². The van der Waals surface area contributed by atoms with E-state index in [9.17, 15) is 0 Å². The third-order valence-corrected chi connectivity index (χ3v) is 4.82. The van der Waals surface area contributed by atoms with Gasteiger partial charge in [-0.05, 0) is 29.8 Å². The number of nitrogens with zero attached hydrogens (tertiary/aromatic N) is 3. The number of halogens is 2. The molecule has 0 N–H and O–H groups in total. The molecule has 21 heavy (non-hydrogen) atoms. The number of benzene rings is 1. The Morgan fingerprint density at radius 1 is 1.05 bits per heavy atom. The quantitative estimate of drug-likeness (QED) is 0.768. The van der Waals surface area contributed by atoms with E-state index in [0.29, 0.717) is 5.88 Å². The van der Waals surface area contributed by atoms with Gasteiger partial charge < -0.3 is 9.80 Å². The maximum atomic E-state index is 5.90. The summed E-state index contributed by atoms with van der Waals surface area (Å²) >= 11 is 9.49. The fourth-order valence-electron chi connectivity index (χ4n) is 2.58. The highest BCUT2D eigenvalue weighted by molar-refractivity contribution is 9.10. The second kappa shape index (κ2) is 6.67. The van der Waals surface area contributed by atoms with Crippen molar-refractivity contribution in [2.45, 2.75) is 5.88 Å². The molecule has 1 aliphatic rings. The third kappa shape index (κ3) is 3.33. The summed E-state index contributed by atoms with van der Waals surface area (Å²) in [7, 11) is 0. The summed E-state index contributed by atoms with van der Waals surface area (Å²) in [6.45, 7) is 3.99. The molecule has 0 saturated carbocycles. The highest BCUT2D eigenvalue weighted by atomic mass is 79.9. The molecular formula is C16H17BrClN3. The zero-order valence-corrected chi connectivity index (χ0v) is 14.0. The SMILES string of the molecule is ClCc1ccc(N2CCN(c3ccccn3)CC2)cc1Br. The number of aromatic nitrogens is 1. The summed E-state index contributed by atoms with van der Waals surface area (Å²) in [4.78, 5) is 9.16. The van der Waals surface area contributed by atoms with E-state index in [1.165, 1.54) is 5.69 Å². The molecule has 2 aromatic rings. The van der Waals surface area contributed by atoms with Crippen LogP contribution in [0.4, 0.5) is 11.5 Å². The van der Waals surface area contributed by atoms with Gasteiger partial charge in [0.1, 0.15) is 5.82 Å². The van der Waals surface area contributed by atoms with Gasteiger partial charge in [0.05, 0.1) is 0 Å². The van der Waals surface area contributed by atoms with Crippen molar-refractivity contribution < 1.29 is 0 Å². The lowest BCUT2D eigenvalue weighted by Gasteiger charge is -2.36.